The van der Waals surface area contributed by atoms with E-state index >= 15 is 0 Å². The highest BCUT2D eigenvalue weighted by molar-refractivity contribution is 5.49. The average molecular weight is 260 g/mol. The molecule has 1 heterocycles. The van der Waals surface area contributed by atoms with Crippen LogP contribution in [0.1, 0.15) is 29.5 Å². The quantitative estimate of drug-likeness (QED) is 0.823. The third kappa shape index (κ3) is 3.03. The summed E-state index contributed by atoms with van der Waals surface area (Å²) in [5, 5.41) is 1.85. The lowest BCUT2D eigenvalue weighted by molar-refractivity contribution is -0.207. The standard InChI is InChI=1S/C15H20N2O2/c1-11-5-3-6-13-10-19-17(9-14(11)13)15(12(2)16)7-4-8-18/h3,5-6,8,15H,2,4,7,9-10,16H2,1H3. The number of carbonyl (C=O) groups is 1. The maximum Gasteiger partial charge on any atom is 0.120 e. The van der Waals surface area contributed by atoms with Gasteiger partial charge in [0.2, 0.25) is 0 Å². The summed E-state index contributed by atoms with van der Waals surface area (Å²) in [4.78, 5) is 16.3. The van der Waals surface area contributed by atoms with E-state index in [1.54, 1.807) is 0 Å². The Bertz CT molecular complexity index is 485. The van der Waals surface area contributed by atoms with Crippen molar-refractivity contribution in [2.24, 2.45) is 5.73 Å². The number of nitrogens with two attached hydrogens (primary N) is 1. The van der Waals surface area contributed by atoms with Gasteiger partial charge >= 0.3 is 0 Å². The summed E-state index contributed by atoms with van der Waals surface area (Å²) >= 11 is 0. The number of carbonyl (C=O) groups excluding carboxylic acids is 1. The molecule has 0 amide bonds. The van der Waals surface area contributed by atoms with Crippen LogP contribution in [0.4, 0.5) is 0 Å². The van der Waals surface area contributed by atoms with Crippen LogP contribution >= 0.6 is 0 Å². The second kappa shape index (κ2) is 5.99. The lowest BCUT2D eigenvalue weighted by Gasteiger charge is -2.35. The Morgan fingerprint density at radius 3 is 3.11 bits per heavy atom. The number of benzene rings is 1. The zero-order valence-electron chi connectivity index (χ0n) is 11.3. The van der Waals surface area contributed by atoms with E-state index in [1.165, 1.54) is 16.7 Å². The van der Waals surface area contributed by atoms with Gasteiger partial charge in [0.1, 0.15) is 6.29 Å². The van der Waals surface area contributed by atoms with Gasteiger partial charge in [-0.05, 0) is 30.0 Å². The van der Waals surface area contributed by atoms with Gasteiger partial charge in [-0.25, -0.2) is 0 Å². The monoisotopic (exact) mass is 260 g/mol. The molecule has 1 aliphatic heterocycles. The lowest BCUT2D eigenvalue weighted by Crippen LogP contribution is -2.40. The maximum atomic E-state index is 10.5. The van der Waals surface area contributed by atoms with Crippen molar-refractivity contribution in [2.75, 3.05) is 0 Å². The van der Waals surface area contributed by atoms with Gasteiger partial charge in [-0.3, -0.25) is 4.84 Å². The van der Waals surface area contributed by atoms with Crippen molar-refractivity contribution in [3.8, 4) is 0 Å². The molecule has 1 aromatic rings. The summed E-state index contributed by atoms with van der Waals surface area (Å²) in [6.07, 6.45) is 2.00. The molecule has 1 unspecified atom stereocenters. The Morgan fingerprint density at radius 1 is 1.63 bits per heavy atom. The van der Waals surface area contributed by atoms with Gasteiger partial charge in [0.05, 0.1) is 19.2 Å². The average Bonchev–Trinajstić information content (AvgIpc) is 2.39. The van der Waals surface area contributed by atoms with E-state index in [0.717, 1.165) is 6.29 Å². The van der Waals surface area contributed by atoms with E-state index in [9.17, 15) is 4.79 Å². The minimum absolute atomic E-state index is 0.113. The van der Waals surface area contributed by atoms with E-state index in [4.69, 9.17) is 10.6 Å². The maximum absolute atomic E-state index is 10.5. The Hall–Kier alpha value is -1.65. The first-order valence-corrected chi connectivity index (χ1v) is 6.48. The van der Waals surface area contributed by atoms with Gasteiger partial charge < -0.3 is 10.5 Å². The lowest BCUT2D eigenvalue weighted by atomic mass is 10.00. The molecule has 0 bridgehead atoms. The largest absolute Gasteiger partial charge is 0.401 e. The minimum Gasteiger partial charge on any atom is -0.401 e. The van der Waals surface area contributed by atoms with Gasteiger partial charge in [-0.15, -0.1) is 0 Å². The highest BCUT2D eigenvalue weighted by Gasteiger charge is 2.26. The van der Waals surface area contributed by atoms with Crippen molar-refractivity contribution in [2.45, 2.75) is 39.0 Å². The first kappa shape index (κ1) is 13.8. The van der Waals surface area contributed by atoms with Crippen molar-refractivity contribution >= 4 is 6.29 Å². The molecule has 0 saturated heterocycles. The van der Waals surface area contributed by atoms with E-state index in [2.05, 4.69) is 25.6 Å². The molecular formula is C15H20N2O2. The van der Waals surface area contributed by atoms with Crippen LogP contribution in [-0.4, -0.2) is 17.4 Å². The molecule has 0 fully saturated rings. The van der Waals surface area contributed by atoms with Crippen molar-refractivity contribution < 1.29 is 9.63 Å². The summed E-state index contributed by atoms with van der Waals surface area (Å²) < 4.78 is 0. The van der Waals surface area contributed by atoms with Gasteiger partial charge in [0.15, 0.2) is 0 Å². The van der Waals surface area contributed by atoms with Gasteiger partial charge in [-0.2, -0.15) is 5.06 Å². The van der Waals surface area contributed by atoms with E-state index in [1.807, 2.05) is 11.1 Å². The van der Waals surface area contributed by atoms with Crippen LogP contribution in [0.2, 0.25) is 0 Å². The van der Waals surface area contributed by atoms with Crippen LogP contribution in [0.25, 0.3) is 0 Å². The third-order valence-electron chi connectivity index (χ3n) is 3.54. The number of fused-ring (bicyclic) bond motifs is 1. The van der Waals surface area contributed by atoms with Crippen LogP contribution in [0, 0.1) is 6.92 Å². The molecule has 2 N–H and O–H groups in total. The van der Waals surface area contributed by atoms with Crippen LogP contribution in [0.15, 0.2) is 30.5 Å². The predicted octanol–water partition coefficient (Wildman–Crippen LogP) is 2.06. The molecule has 0 radical (unpaired) electrons. The predicted molar refractivity (Wildman–Crippen MR) is 73.9 cm³/mol. The Labute approximate surface area is 113 Å². The summed E-state index contributed by atoms with van der Waals surface area (Å²) in [5.41, 5.74) is 10.1. The zero-order chi connectivity index (χ0) is 13.8. The number of hydrogen-bond donors (Lipinski definition) is 1. The fourth-order valence-corrected chi connectivity index (χ4v) is 2.42. The first-order valence-electron chi connectivity index (χ1n) is 6.48. The molecule has 0 saturated carbocycles. The molecule has 1 aliphatic rings. The van der Waals surface area contributed by atoms with E-state index in [0.29, 0.717) is 31.7 Å². The number of nitrogens with zero attached hydrogens (tertiary/aromatic N) is 1. The smallest absolute Gasteiger partial charge is 0.120 e. The molecular weight excluding hydrogens is 240 g/mol. The fraction of sp³-hybridized carbons (Fsp3) is 0.400. The topological polar surface area (TPSA) is 55.6 Å². The van der Waals surface area contributed by atoms with Crippen LogP contribution in [0.3, 0.4) is 0 Å². The highest BCUT2D eigenvalue weighted by atomic mass is 16.7. The Kier molecular flexibility index (Phi) is 4.35. The van der Waals surface area contributed by atoms with Gasteiger partial charge in [0, 0.05) is 12.1 Å². The Morgan fingerprint density at radius 2 is 2.42 bits per heavy atom. The molecule has 0 aromatic heterocycles. The summed E-state index contributed by atoms with van der Waals surface area (Å²) in [5.74, 6) is 0. The number of hydrogen-bond acceptors (Lipinski definition) is 4. The molecule has 1 aromatic carbocycles. The zero-order valence-corrected chi connectivity index (χ0v) is 11.3. The van der Waals surface area contributed by atoms with Crippen molar-refractivity contribution in [3.63, 3.8) is 0 Å². The second-order valence-corrected chi connectivity index (χ2v) is 4.90. The molecule has 0 spiro atoms. The van der Waals surface area contributed by atoms with Crippen molar-refractivity contribution in [3.05, 3.63) is 47.2 Å². The first-order chi connectivity index (χ1) is 9.13. The molecule has 0 aliphatic carbocycles. The Balaban J connectivity index is 2.17. The summed E-state index contributed by atoms with van der Waals surface area (Å²) in [6.45, 7) is 7.13. The summed E-state index contributed by atoms with van der Waals surface area (Å²) in [6, 6.07) is 6.11. The SMILES string of the molecule is C=C(N)C(CCC=O)N1Cc2c(C)cccc2CO1. The summed E-state index contributed by atoms with van der Waals surface area (Å²) in [7, 11) is 0. The van der Waals surface area contributed by atoms with Crippen molar-refractivity contribution in [1.29, 1.82) is 0 Å². The van der Waals surface area contributed by atoms with Crippen molar-refractivity contribution in [1.82, 2.24) is 5.06 Å². The van der Waals surface area contributed by atoms with Gasteiger partial charge in [0.25, 0.3) is 0 Å². The minimum atomic E-state index is -0.113. The molecule has 4 heteroatoms. The number of aryl methyl sites for hydroxylation is 1. The van der Waals surface area contributed by atoms with E-state index < -0.39 is 0 Å². The van der Waals surface area contributed by atoms with Gasteiger partial charge in [-0.1, -0.05) is 24.8 Å². The van der Waals surface area contributed by atoms with Crippen LogP contribution < -0.4 is 5.73 Å². The molecule has 2 rings (SSSR count). The molecule has 19 heavy (non-hydrogen) atoms. The van der Waals surface area contributed by atoms with Crippen LogP contribution in [-0.2, 0) is 22.8 Å². The van der Waals surface area contributed by atoms with E-state index in [-0.39, 0.29) is 6.04 Å². The molecule has 1 atom stereocenters. The number of rotatable bonds is 5. The molecule has 102 valence electrons. The van der Waals surface area contributed by atoms with Crippen LogP contribution in [0.5, 0.6) is 0 Å². The third-order valence-corrected chi connectivity index (χ3v) is 3.54. The second-order valence-electron chi connectivity index (χ2n) is 4.90. The number of aldehydes is 1. The normalized spacial score (nSPS) is 16.7. The molecule has 4 nitrogen and oxygen atoms in total. The fourth-order valence-electron chi connectivity index (χ4n) is 2.42. The highest BCUT2D eigenvalue weighted by Crippen LogP contribution is 2.26. The number of hydroxylamine groups is 2.